The molecule has 1 aromatic rings. The van der Waals surface area contributed by atoms with Gasteiger partial charge in [0.05, 0.1) is 25.0 Å². The van der Waals surface area contributed by atoms with Crippen LogP contribution in [0.3, 0.4) is 0 Å². The van der Waals surface area contributed by atoms with E-state index in [4.69, 9.17) is 10.5 Å². The minimum absolute atomic E-state index is 0.00324. The maximum absolute atomic E-state index is 6.79. The highest BCUT2D eigenvalue weighted by Gasteiger charge is 2.43. The lowest BCUT2D eigenvalue weighted by atomic mass is 9.81. The molecule has 0 amide bonds. The molecule has 5 nitrogen and oxygen atoms in total. The molecule has 0 spiro atoms. The normalized spacial score (nSPS) is 18.1. The Morgan fingerprint density at radius 2 is 1.90 bits per heavy atom. The van der Waals surface area contributed by atoms with Gasteiger partial charge in [-0.05, 0) is 45.7 Å². The van der Waals surface area contributed by atoms with Crippen LogP contribution in [0.1, 0.15) is 58.2 Å². The fraction of sp³-hybridized carbons (Fsp3) is 0.812. The first-order chi connectivity index (χ1) is 10.1. The summed E-state index contributed by atoms with van der Waals surface area (Å²) in [5, 5.41) is 4.43. The van der Waals surface area contributed by atoms with Crippen LogP contribution in [0.4, 0.5) is 0 Å². The maximum atomic E-state index is 6.79. The number of likely N-dealkylation sites (tertiary alicyclic amines) is 1. The fourth-order valence-electron chi connectivity index (χ4n) is 3.85. The molecule has 1 fully saturated rings. The van der Waals surface area contributed by atoms with Crippen LogP contribution in [-0.4, -0.2) is 40.4 Å². The van der Waals surface area contributed by atoms with Crippen LogP contribution in [0, 0.1) is 0 Å². The van der Waals surface area contributed by atoms with Gasteiger partial charge in [-0.25, -0.2) is 0 Å². The number of nitrogens with two attached hydrogens (primary N) is 1. The van der Waals surface area contributed by atoms with Gasteiger partial charge in [0, 0.05) is 12.1 Å². The molecule has 1 aliphatic heterocycles. The molecule has 120 valence electrons. The standard InChI is InChI=1S/C16H30N4O/c1-5-16(6-2,19-10-8-9-11-19)15(17)14-13(21-4)12-18-20(14)7-3/h12,15H,5-11,17H2,1-4H3. The van der Waals surface area contributed by atoms with Gasteiger partial charge >= 0.3 is 0 Å². The second-order valence-electron chi connectivity index (χ2n) is 5.90. The van der Waals surface area contributed by atoms with E-state index in [-0.39, 0.29) is 11.6 Å². The van der Waals surface area contributed by atoms with Crippen molar-refractivity contribution in [3.05, 3.63) is 11.9 Å². The highest BCUT2D eigenvalue weighted by atomic mass is 16.5. The summed E-state index contributed by atoms with van der Waals surface area (Å²) in [6.45, 7) is 9.71. The molecule has 1 atom stereocenters. The van der Waals surface area contributed by atoms with E-state index in [2.05, 4.69) is 30.8 Å². The molecule has 2 N–H and O–H groups in total. The van der Waals surface area contributed by atoms with E-state index in [1.807, 2.05) is 4.68 Å². The summed E-state index contributed by atoms with van der Waals surface area (Å²) in [7, 11) is 1.70. The van der Waals surface area contributed by atoms with Gasteiger partial charge in [0.15, 0.2) is 5.75 Å². The molecule has 0 saturated carbocycles. The minimum atomic E-state index is -0.0806. The van der Waals surface area contributed by atoms with Crippen LogP contribution in [0.15, 0.2) is 6.20 Å². The zero-order chi connectivity index (χ0) is 15.5. The van der Waals surface area contributed by atoms with E-state index in [0.29, 0.717) is 0 Å². The maximum Gasteiger partial charge on any atom is 0.161 e. The van der Waals surface area contributed by atoms with E-state index >= 15 is 0 Å². The van der Waals surface area contributed by atoms with Crippen LogP contribution >= 0.6 is 0 Å². The number of methoxy groups -OCH3 is 1. The predicted octanol–water partition coefficient (Wildman–Crippen LogP) is 2.57. The second kappa shape index (κ2) is 6.79. The number of aromatic nitrogens is 2. The Labute approximate surface area is 128 Å². The first-order valence-electron chi connectivity index (χ1n) is 8.24. The number of hydrogen-bond acceptors (Lipinski definition) is 4. The average Bonchev–Trinajstić information content (AvgIpc) is 3.18. The summed E-state index contributed by atoms with van der Waals surface area (Å²) < 4.78 is 7.50. The molecule has 0 radical (unpaired) electrons. The van der Waals surface area contributed by atoms with Crippen molar-refractivity contribution in [2.75, 3.05) is 20.2 Å². The van der Waals surface area contributed by atoms with Crippen molar-refractivity contribution in [3.63, 3.8) is 0 Å². The molecule has 0 aromatic carbocycles. The largest absolute Gasteiger partial charge is 0.493 e. The number of ether oxygens (including phenoxy) is 1. The Morgan fingerprint density at radius 3 is 2.38 bits per heavy atom. The van der Waals surface area contributed by atoms with E-state index in [1.165, 1.54) is 12.8 Å². The van der Waals surface area contributed by atoms with Gasteiger partial charge in [-0.15, -0.1) is 0 Å². The smallest absolute Gasteiger partial charge is 0.161 e. The van der Waals surface area contributed by atoms with Gasteiger partial charge in [0.1, 0.15) is 0 Å². The molecular formula is C16H30N4O. The van der Waals surface area contributed by atoms with Crippen molar-refractivity contribution in [1.82, 2.24) is 14.7 Å². The zero-order valence-corrected chi connectivity index (χ0v) is 13.9. The van der Waals surface area contributed by atoms with Crippen molar-refractivity contribution < 1.29 is 4.74 Å². The molecule has 21 heavy (non-hydrogen) atoms. The van der Waals surface area contributed by atoms with Crippen LogP contribution in [0.25, 0.3) is 0 Å². The van der Waals surface area contributed by atoms with E-state index < -0.39 is 0 Å². The Balaban J connectivity index is 2.42. The monoisotopic (exact) mass is 294 g/mol. The number of hydrogen-bond donors (Lipinski definition) is 1. The Bertz CT molecular complexity index is 426. The third-order valence-corrected chi connectivity index (χ3v) is 5.20. The Hall–Kier alpha value is -1.07. The van der Waals surface area contributed by atoms with Gasteiger partial charge in [0.25, 0.3) is 0 Å². The summed E-state index contributed by atoms with van der Waals surface area (Å²) in [6.07, 6.45) is 6.43. The highest BCUT2D eigenvalue weighted by molar-refractivity contribution is 5.31. The molecule has 5 heteroatoms. The van der Waals surface area contributed by atoms with Crippen molar-refractivity contribution in [1.29, 1.82) is 0 Å². The van der Waals surface area contributed by atoms with Crippen molar-refractivity contribution in [3.8, 4) is 5.75 Å². The van der Waals surface area contributed by atoms with E-state index in [0.717, 1.165) is 43.9 Å². The third kappa shape index (κ3) is 2.69. The third-order valence-electron chi connectivity index (χ3n) is 5.20. The molecule has 1 unspecified atom stereocenters. The first-order valence-corrected chi connectivity index (χ1v) is 8.24. The van der Waals surface area contributed by atoms with E-state index in [9.17, 15) is 0 Å². The Kier molecular flexibility index (Phi) is 5.27. The molecule has 1 saturated heterocycles. The quantitative estimate of drug-likeness (QED) is 0.839. The lowest BCUT2D eigenvalue weighted by Crippen LogP contribution is -2.54. The molecular weight excluding hydrogens is 264 g/mol. The lowest BCUT2D eigenvalue weighted by molar-refractivity contribution is 0.0725. The summed E-state index contributed by atoms with van der Waals surface area (Å²) in [5.41, 5.74) is 7.82. The SMILES string of the molecule is CCn1ncc(OC)c1C(N)C(CC)(CC)N1CCCC1. The van der Waals surface area contributed by atoms with E-state index in [1.54, 1.807) is 13.3 Å². The highest BCUT2D eigenvalue weighted by Crippen LogP contribution is 2.40. The van der Waals surface area contributed by atoms with Crippen molar-refractivity contribution in [2.24, 2.45) is 5.73 Å². The van der Waals surface area contributed by atoms with Gasteiger partial charge in [-0.3, -0.25) is 9.58 Å². The molecule has 2 heterocycles. The fourth-order valence-corrected chi connectivity index (χ4v) is 3.85. The van der Waals surface area contributed by atoms with Crippen molar-refractivity contribution in [2.45, 2.75) is 64.6 Å². The molecule has 0 bridgehead atoms. The second-order valence-corrected chi connectivity index (χ2v) is 5.90. The van der Waals surface area contributed by atoms with Crippen molar-refractivity contribution >= 4 is 0 Å². The van der Waals surface area contributed by atoms with Gasteiger partial charge in [0.2, 0.25) is 0 Å². The molecule has 2 rings (SSSR count). The molecule has 1 aromatic heterocycles. The van der Waals surface area contributed by atoms with Crippen LogP contribution < -0.4 is 10.5 Å². The van der Waals surface area contributed by atoms with Crippen LogP contribution in [0.5, 0.6) is 5.75 Å². The van der Waals surface area contributed by atoms with Gasteiger partial charge < -0.3 is 10.5 Å². The number of nitrogens with zero attached hydrogens (tertiary/aromatic N) is 3. The van der Waals surface area contributed by atoms with Gasteiger partial charge in [-0.1, -0.05) is 13.8 Å². The Morgan fingerprint density at radius 1 is 1.29 bits per heavy atom. The van der Waals surface area contributed by atoms with Crippen LogP contribution in [-0.2, 0) is 6.54 Å². The summed E-state index contributed by atoms with van der Waals surface area (Å²) in [6, 6.07) is -0.0806. The average molecular weight is 294 g/mol. The zero-order valence-electron chi connectivity index (χ0n) is 13.9. The number of aryl methyl sites for hydroxylation is 1. The van der Waals surface area contributed by atoms with Crippen LogP contribution in [0.2, 0.25) is 0 Å². The molecule has 0 aliphatic carbocycles. The lowest BCUT2D eigenvalue weighted by Gasteiger charge is -2.45. The summed E-state index contributed by atoms with van der Waals surface area (Å²) in [5.74, 6) is 0.815. The topological polar surface area (TPSA) is 56.3 Å². The predicted molar refractivity (Wildman–Crippen MR) is 85.5 cm³/mol. The van der Waals surface area contributed by atoms with Gasteiger partial charge in [-0.2, -0.15) is 5.10 Å². The number of rotatable bonds is 7. The molecule has 1 aliphatic rings. The summed E-state index contributed by atoms with van der Waals surface area (Å²) >= 11 is 0. The minimum Gasteiger partial charge on any atom is -0.493 e. The first kappa shape index (κ1) is 16.3. The summed E-state index contributed by atoms with van der Waals surface area (Å²) in [4.78, 5) is 2.59.